The third-order valence-corrected chi connectivity index (χ3v) is 2.17. The summed E-state index contributed by atoms with van der Waals surface area (Å²) in [6.45, 7) is 9.66. The molecule has 0 aromatic heterocycles. The summed E-state index contributed by atoms with van der Waals surface area (Å²) in [5.74, 6) is 0.0975. The van der Waals surface area contributed by atoms with Crippen molar-refractivity contribution in [2.24, 2.45) is 0 Å². The van der Waals surface area contributed by atoms with Crippen LogP contribution in [0, 0.1) is 0 Å². The highest BCUT2D eigenvalue weighted by Gasteiger charge is 2.10. The summed E-state index contributed by atoms with van der Waals surface area (Å²) in [4.78, 5) is 11.5. The molecule has 0 heterocycles. The lowest BCUT2D eigenvalue weighted by molar-refractivity contribution is -0.121. The minimum absolute atomic E-state index is 0.0714. The molecule has 0 spiro atoms. The number of carbonyl (C=O) groups excluding carboxylic acids is 1. The van der Waals surface area contributed by atoms with Crippen molar-refractivity contribution in [1.29, 1.82) is 0 Å². The van der Waals surface area contributed by atoms with Gasteiger partial charge in [-0.3, -0.25) is 4.79 Å². The van der Waals surface area contributed by atoms with E-state index in [1.807, 2.05) is 6.92 Å². The Balaban J connectivity index is 3.58. The molecule has 4 heteroatoms. The van der Waals surface area contributed by atoms with Crippen LogP contribution >= 0.6 is 0 Å². The van der Waals surface area contributed by atoms with Crippen molar-refractivity contribution in [1.82, 2.24) is 10.6 Å². The first-order chi connectivity index (χ1) is 7.35. The minimum Gasteiger partial charge on any atom is -0.385 e. The summed E-state index contributed by atoms with van der Waals surface area (Å²) in [6.07, 6.45) is 1.38. The molecule has 16 heavy (non-hydrogen) atoms. The lowest BCUT2D eigenvalue weighted by Gasteiger charge is -2.20. The van der Waals surface area contributed by atoms with Crippen LogP contribution in [0.1, 0.15) is 40.5 Å². The summed E-state index contributed by atoms with van der Waals surface area (Å²) in [7, 11) is 1.67. The predicted molar refractivity (Wildman–Crippen MR) is 66.5 cm³/mol. The molecule has 0 saturated heterocycles. The molecule has 0 saturated carbocycles. The number of hydrogen-bond acceptors (Lipinski definition) is 3. The van der Waals surface area contributed by atoms with Gasteiger partial charge in [0.2, 0.25) is 5.91 Å². The number of carbonyl (C=O) groups is 1. The van der Waals surface area contributed by atoms with Crippen molar-refractivity contribution < 1.29 is 9.53 Å². The Kier molecular flexibility index (Phi) is 7.34. The predicted octanol–water partition coefficient (Wildman–Crippen LogP) is 1.31. The van der Waals surface area contributed by atoms with Crippen LogP contribution in [0.5, 0.6) is 0 Å². The van der Waals surface area contributed by atoms with Crippen LogP contribution in [0.4, 0.5) is 0 Å². The monoisotopic (exact) mass is 230 g/mol. The SMILES string of the molecule is COCCC(C)NC(=O)CCNC(C)(C)C. The molecule has 0 radical (unpaired) electrons. The zero-order valence-electron chi connectivity index (χ0n) is 11.2. The van der Waals surface area contributed by atoms with E-state index in [1.54, 1.807) is 7.11 Å². The van der Waals surface area contributed by atoms with Crippen LogP contribution in [-0.4, -0.2) is 37.7 Å². The highest BCUT2D eigenvalue weighted by atomic mass is 16.5. The second kappa shape index (κ2) is 7.63. The summed E-state index contributed by atoms with van der Waals surface area (Å²) in [5, 5.41) is 6.23. The molecule has 2 N–H and O–H groups in total. The summed E-state index contributed by atoms with van der Waals surface area (Å²) < 4.78 is 4.96. The van der Waals surface area contributed by atoms with Crippen molar-refractivity contribution in [2.75, 3.05) is 20.3 Å². The summed E-state index contributed by atoms with van der Waals surface area (Å²) >= 11 is 0. The van der Waals surface area contributed by atoms with Gasteiger partial charge in [0.1, 0.15) is 0 Å². The first-order valence-corrected chi connectivity index (χ1v) is 5.88. The maximum atomic E-state index is 11.5. The number of nitrogens with one attached hydrogen (secondary N) is 2. The minimum atomic E-state index is 0.0714. The Hall–Kier alpha value is -0.610. The zero-order valence-corrected chi connectivity index (χ0v) is 11.2. The fraction of sp³-hybridized carbons (Fsp3) is 0.917. The molecular formula is C12H26N2O2. The van der Waals surface area contributed by atoms with Crippen LogP contribution in [0.15, 0.2) is 0 Å². The van der Waals surface area contributed by atoms with Crippen LogP contribution < -0.4 is 10.6 Å². The largest absolute Gasteiger partial charge is 0.385 e. The van der Waals surface area contributed by atoms with Crippen LogP contribution in [0.25, 0.3) is 0 Å². The molecule has 1 unspecified atom stereocenters. The zero-order chi connectivity index (χ0) is 12.6. The van der Waals surface area contributed by atoms with Crippen LogP contribution in [-0.2, 0) is 9.53 Å². The van der Waals surface area contributed by atoms with Crippen molar-refractivity contribution in [3.05, 3.63) is 0 Å². The molecule has 96 valence electrons. The molecule has 0 rings (SSSR count). The Labute approximate surface area is 99.1 Å². The van der Waals surface area contributed by atoms with Gasteiger partial charge >= 0.3 is 0 Å². The van der Waals surface area contributed by atoms with E-state index in [0.717, 1.165) is 6.42 Å². The lowest BCUT2D eigenvalue weighted by Crippen LogP contribution is -2.40. The fourth-order valence-electron chi connectivity index (χ4n) is 1.26. The van der Waals surface area contributed by atoms with Gasteiger partial charge in [0.05, 0.1) is 0 Å². The van der Waals surface area contributed by atoms with E-state index in [9.17, 15) is 4.79 Å². The van der Waals surface area contributed by atoms with Gasteiger partial charge in [0, 0.05) is 38.3 Å². The molecule has 0 bridgehead atoms. The molecule has 1 atom stereocenters. The Morgan fingerprint density at radius 2 is 2.00 bits per heavy atom. The normalized spacial score (nSPS) is 13.6. The van der Waals surface area contributed by atoms with Crippen LogP contribution in [0.3, 0.4) is 0 Å². The van der Waals surface area contributed by atoms with E-state index < -0.39 is 0 Å². The van der Waals surface area contributed by atoms with Gasteiger partial charge in [-0.1, -0.05) is 0 Å². The number of hydrogen-bond donors (Lipinski definition) is 2. The number of rotatable bonds is 7. The van der Waals surface area contributed by atoms with Crippen molar-refractivity contribution in [3.63, 3.8) is 0 Å². The standard InChI is InChI=1S/C12H26N2O2/c1-10(7-9-16-5)14-11(15)6-8-13-12(2,3)4/h10,13H,6-9H2,1-5H3,(H,14,15). The first-order valence-electron chi connectivity index (χ1n) is 5.88. The average Bonchev–Trinajstić information content (AvgIpc) is 2.12. The topological polar surface area (TPSA) is 50.4 Å². The number of methoxy groups -OCH3 is 1. The van der Waals surface area contributed by atoms with Gasteiger partial charge in [-0.2, -0.15) is 0 Å². The highest BCUT2D eigenvalue weighted by Crippen LogP contribution is 1.98. The summed E-state index contributed by atoms with van der Waals surface area (Å²) in [5.41, 5.74) is 0.0714. The maximum Gasteiger partial charge on any atom is 0.221 e. The van der Waals surface area contributed by atoms with Crippen molar-refractivity contribution >= 4 is 5.91 Å². The molecule has 1 amide bonds. The van der Waals surface area contributed by atoms with Crippen LogP contribution in [0.2, 0.25) is 0 Å². The Morgan fingerprint density at radius 3 is 2.50 bits per heavy atom. The molecule has 0 aliphatic rings. The van der Waals surface area contributed by atoms with E-state index in [0.29, 0.717) is 19.6 Å². The lowest BCUT2D eigenvalue weighted by atomic mass is 10.1. The van der Waals surface area contributed by atoms with E-state index in [1.165, 1.54) is 0 Å². The second-order valence-corrected chi connectivity index (χ2v) is 5.18. The second-order valence-electron chi connectivity index (χ2n) is 5.18. The molecule has 0 aliphatic carbocycles. The van der Waals surface area contributed by atoms with Gasteiger partial charge in [0.15, 0.2) is 0 Å². The Bertz CT molecular complexity index is 200. The number of amides is 1. The van der Waals surface area contributed by atoms with Gasteiger partial charge in [-0.25, -0.2) is 0 Å². The third-order valence-electron chi connectivity index (χ3n) is 2.17. The highest BCUT2D eigenvalue weighted by molar-refractivity contribution is 5.76. The number of ether oxygens (including phenoxy) is 1. The molecule has 0 aromatic carbocycles. The molecule has 4 nitrogen and oxygen atoms in total. The maximum absolute atomic E-state index is 11.5. The van der Waals surface area contributed by atoms with Crippen molar-refractivity contribution in [3.8, 4) is 0 Å². The molecular weight excluding hydrogens is 204 g/mol. The molecule has 0 fully saturated rings. The Morgan fingerprint density at radius 1 is 1.38 bits per heavy atom. The average molecular weight is 230 g/mol. The van der Waals surface area contributed by atoms with E-state index in [2.05, 4.69) is 31.4 Å². The fourth-order valence-corrected chi connectivity index (χ4v) is 1.26. The van der Waals surface area contributed by atoms with E-state index >= 15 is 0 Å². The van der Waals surface area contributed by atoms with Gasteiger partial charge in [0.25, 0.3) is 0 Å². The third kappa shape index (κ3) is 9.93. The van der Waals surface area contributed by atoms with Crippen molar-refractivity contribution in [2.45, 2.75) is 52.1 Å². The summed E-state index contributed by atoms with van der Waals surface area (Å²) in [6, 6.07) is 0.182. The molecule has 0 aliphatic heterocycles. The van der Waals surface area contributed by atoms with Gasteiger partial charge in [-0.05, 0) is 34.1 Å². The van der Waals surface area contributed by atoms with Gasteiger partial charge in [-0.15, -0.1) is 0 Å². The quantitative estimate of drug-likeness (QED) is 0.693. The van der Waals surface area contributed by atoms with E-state index in [4.69, 9.17) is 4.74 Å². The first kappa shape index (κ1) is 15.4. The van der Waals surface area contributed by atoms with E-state index in [-0.39, 0.29) is 17.5 Å². The van der Waals surface area contributed by atoms with Gasteiger partial charge < -0.3 is 15.4 Å². The molecule has 0 aromatic rings. The smallest absolute Gasteiger partial charge is 0.221 e.